The Bertz CT molecular complexity index is 808. The predicted octanol–water partition coefficient (Wildman–Crippen LogP) is 2.40. The largest absolute Gasteiger partial charge is 0.389 e. The smallest absolute Gasteiger partial charge is 0.262 e. The molecule has 0 aromatic heterocycles. The molecule has 21 heavy (non-hydrogen) atoms. The van der Waals surface area contributed by atoms with E-state index in [2.05, 4.69) is 0 Å². The van der Waals surface area contributed by atoms with Gasteiger partial charge in [0, 0.05) is 5.56 Å². The Labute approximate surface area is 125 Å². The number of rotatable bonds is 4. The molecule has 0 bridgehead atoms. The van der Waals surface area contributed by atoms with E-state index in [1.807, 2.05) is 4.72 Å². The van der Waals surface area contributed by atoms with Gasteiger partial charge < -0.3 is 5.73 Å². The Kier molecular flexibility index (Phi) is 4.19. The minimum Gasteiger partial charge on any atom is -0.389 e. The number of benzene rings is 2. The zero-order valence-electron chi connectivity index (χ0n) is 10.5. The zero-order chi connectivity index (χ0) is 15.6. The number of anilines is 1. The molecule has 0 unspecified atom stereocenters. The van der Waals surface area contributed by atoms with Gasteiger partial charge in [-0.25, -0.2) is 17.2 Å². The fourth-order valence-corrected chi connectivity index (χ4v) is 3.21. The molecule has 0 amide bonds. The highest BCUT2D eigenvalue weighted by Gasteiger charge is 2.21. The number of sulfonamides is 1. The van der Waals surface area contributed by atoms with Crippen LogP contribution in [0.1, 0.15) is 5.56 Å². The highest BCUT2D eigenvalue weighted by molar-refractivity contribution is 7.93. The van der Waals surface area contributed by atoms with Gasteiger partial charge in [0.1, 0.15) is 4.99 Å². The molecule has 110 valence electrons. The van der Waals surface area contributed by atoms with Crippen LogP contribution in [0.5, 0.6) is 0 Å². The van der Waals surface area contributed by atoms with Crippen LogP contribution in [0.15, 0.2) is 47.4 Å². The van der Waals surface area contributed by atoms with Crippen molar-refractivity contribution < 1.29 is 17.2 Å². The van der Waals surface area contributed by atoms with Gasteiger partial charge in [0.25, 0.3) is 10.0 Å². The summed E-state index contributed by atoms with van der Waals surface area (Å²) < 4.78 is 53.2. The normalized spacial score (nSPS) is 11.1. The average molecular weight is 328 g/mol. The third-order valence-electron chi connectivity index (χ3n) is 2.64. The van der Waals surface area contributed by atoms with Gasteiger partial charge >= 0.3 is 0 Å². The lowest BCUT2D eigenvalue weighted by Gasteiger charge is -2.12. The summed E-state index contributed by atoms with van der Waals surface area (Å²) in [5.41, 5.74) is 5.09. The SMILES string of the molecule is NC(=S)c1ccccc1S(=O)(=O)Nc1cccc(F)c1F. The molecule has 0 saturated carbocycles. The zero-order valence-corrected chi connectivity index (χ0v) is 12.1. The van der Waals surface area contributed by atoms with Crippen LogP contribution in [0.4, 0.5) is 14.5 Å². The quantitative estimate of drug-likeness (QED) is 0.846. The van der Waals surface area contributed by atoms with Gasteiger partial charge in [0.15, 0.2) is 11.6 Å². The lowest BCUT2D eigenvalue weighted by atomic mass is 10.2. The van der Waals surface area contributed by atoms with Gasteiger partial charge in [-0.3, -0.25) is 4.72 Å². The maximum Gasteiger partial charge on any atom is 0.262 e. The maximum absolute atomic E-state index is 13.6. The summed E-state index contributed by atoms with van der Waals surface area (Å²) in [4.78, 5) is -0.322. The molecule has 0 atom stereocenters. The van der Waals surface area contributed by atoms with E-state index in [4.69, 9.17) is 18.0 Å². The van der Waals surface area contributed by atoms with Crippen LogP contribution in [0.25, 0.3) is 0 Å². The van der Waals surface area contributed by atoms with Gasteiger partial charge in [-0.15, -0.1) is 0 Å². The van der Waals surface area contributed by atoms with E-state index >= 15 is 0 Å². The number of hydrogen-bond acceptors (Lipinski definition) is 3. The van der Waals surface area contributed by atoms with Crippen molar-refractivity contribution in [1.29, 1.82) is 0 Å². The highest BCUT2D eigenvalue weighted by atomic mass is 32.2. The summed E-state index contributed by atoms with van der Waals surface area (Å²) in [5, 5.41) is 0. The summed E-state index contributed by atoms with van der Waals surface area (Å²) in [5.74, 6) is -2.44. The lowest BCUT2D eigenvalue weighted by molar-refractivity contribution is 0.511. The van der Waals surface area contributed by atoms with Crippen LogP contribution in [0.3, 0.4) is 0 Å². The first kappa shape index (κ1) is 15.3. The second kappa shape index (κ2) is 5.74. The van der Waals surface area contributed by atoms with Crippen molar-refractivity contribution in [2.45, 2.75) is 4.90 Å². The lowest BCUT2D eigenvalue weighted by Crippen LogP contribution is -2.20. The molecule has 0 fully saturated rings. The molecule has 0 aliphatic heterocycles. The summed E-state index contributed by atoms with van der Waals surface area (Å²) in [6.07, 6.45) is 0. The van der Waals surface area contributed by atoms with E-state index in [0.29, 0.717) is 0 Å². The standard InChI is InChI=1S/C13H10F2N2O2S2/c14-9-5-3-6-10(12(9)15)17-21(18,19)11-7-2-1-4-8(11)13(16)20/h1-7,17H,(H2,16,20). The third-order valence-corrected chi connectivity index (χ3v) is 4.28. The number of nitrogens with two attached hydrogens (primary N) is 1. The minimum absolute atomic E-state index is 0.115. The van der Waals surface area contributed by atoms with Crippen molar-refractivity contribution in [3.63, 3.8) is 0 Å². The van der Waals surface area contributed by atoms with Crippen molar-refractivity contribution in [3.05, 3.63) is 59.7 Å². The van der Waals surface area contributed by atoms with E-state index < -0.39 is 27.3 Å². The Balaban J connectivity index is 2.49. The first-order valence-electron chi connectivity index (χ1n) is 5.68. The topological polar surface area (TPSA) is 72.2 Å². The van der Waals surface area contributed by atoms with Crippen LogP contribution >= 0.6 is 12.2 Å². The van der Waals surface area contributed by atoms with E-state index in [1.165, 1.54) is 24.3 Å². The van der Waals surface area contributed by atoms with Crippen LogP contribution in [0, 0.1) is 11.6 Å². The van der Waals surface area contributed by atoms with Crippen LogP contribution in [0.2, 0.25) is 0 Å². The summed E-state index contributed by atoms with van der Waals surface area (Å²) in [7, 11) is -4.15. The van der Waals surface area contributed by atoms with Crippen LogP contribution in [-0.4, -0.2) is 13.4 Å². The number of thiocarbonyl (C=S) groups is 1. The second-order valence-corrected chi connectivity index (χ2v) is 6.16. The van der Waals surface area contributed by atoms with Gasteiger partial charge in [-0.1, -0.05) is 36.5 Å². The molecular formula is C13H10F2N2O2S2. The molecule has 0 saturated heterocycles. The van der Waals surface area contributed by atoms with Crippen molar-refractivity contribution in [3.8, 4) is 0 Å². The maximum atomic E-state index is 13.6. The first-order valence-corrected chi connectivity index (χ1v) is 7.58. The fraction of sp³-hybridized carbons (Fsp3) is 0. The highest BCUT2D eigenvalue weighted by Crippen LogP contribution is 2.22. The monoisotopic (exact) mass is 328 g/mol. The molecule has 0 aliphatic rings. The molecule has 0 radical (unpaired) electrons. The summed E-state index contributed by atoms with van der Waals surface area (Å²) in [6.45, 7) is 0. The van der Waals surface area contributed by atoms with E-state index in [9.17, 15) is 17.2 Å². The summed E-state index contributed by atoms with van der Waals surface area (Å²) in [6, 6.07) is 8.92. The Morgan fingerprint density at radius 1 is 1.10 bits per heavy atom. The molecule has 0 heterocycles. The Morgan fingerprint density at radius 2 is 1.76 bits per heavy atom. The number of hydrogen-bond donors (Lipinski definition) is 2. The van der Waals surface area contributed by atoms with E-state index in [0.717, 1.165) is 12.1 Å². The molecular weight excluding hydrogens is 318 g/mol. The predicted molar refractivity (Wildman–Crippen MR) is 79.5 cm³/mol. The Morgan fingerprint density at radius 3 is 2.43 bits per heavy atom. The molecule has 0 spiro atoms. The van der Waals surface area contributed by atoms with Gasteiger partial charge in [0.05, 0.1) is 10.6 Å². The molecule has 0 aliphatic carbocycles. The molecule has 3 N–H and O–H groups in total. The van der Waals surface area contributed by atoms with E-state index in [-0.39, 0.29) is 15.4 Å². The average Bonchev–Trinajstić information content (AvgIpc) is 2.44. The van der Waals surface area contributed by atoms with Crippen LogP contribution in [-0.2, 0) is 10.0 Å². The van der Waals surface area contributed by atoms with Gasteiger partial charge in [-0.2, -0.15) is 0 Å². The summed E-state index contributed by atoms with van der Waals surface area (Å²) >= 11 is 4.78. The van der Waals surface area contributed by atoms with Crippen molar-refractivity contribution in [2.24, 2.45) is 5.73 Å². The minimum atomic E-state index is -4.15. The molecule has 2 rings (SSSR count). The number of nitrogens with one attached hydrogen (secondary N) is 1. The van der Waals surface area contributed by atoms with Gasteiger partial charge in [0.2, 0.25) is 0 Å². The third kappa shape index (κ3) is 3.17. The molecule has 2 aromatic rings. The van der Waals surface area contributed by atoms with Crippen LogP contribution < -0.4 is 10.5 Å². The second-order valence-electron chi connectivity index (χ2n) is 4.07. The van der Waals surface area contributed by atoms with E-state index in [1.54, 1.807) is 6.07 Å². The molecule has 8 heteroatoms. The molecule has 4 nitrogen and oxygen atoms in total. The molecule has 2 aromatic carbocycles. The van der Waals surface area contributed by atoms with Crippen molar-refractivity contribution >= 4 is 32.9 Å². The van der Waals surface area contributed by atoms with Gasteiger partial charge in [-0.05, 0) is 18.2 Å². The fourth-order valence-electron chi connectivity index (χ4n) is 1.69. The van der Waals surface area contributed by atoms with Crippen molar-refractivity contribution in [1.82, 2.24) is 0 Å². The van der Waals surface area contributed by atoms with Crippen molar-refractivity contribution in [2.75, 3.05) is 4.72 Å². The number of halogens is 2. The Hall–Kier alpha value is -2.06. The first-order chi connectivity index (χ1) is 9.83.